The molecule has 4 atom stereocenters. The van der Waals surface area contributed by atoms with Gasteiger partial charge in [0.05, 0.1) is 18.8 Å². The topological polar surface area (TPSA) is 139 Å². The molecule has 2 aromatic heterocycles. The van der Waals surface area contributed by atoms with Crippen LogP contribution in [0.2, 0.25) is 0 Å². The smallest absolute Gasteiger partial charge is 0.251 e. The second-order valence-corrected chi connectivity index (χ2v) is 10.1. The molecule has 1 amide bonds. The van der Waals surface area contributed by atoms with E-state index in [-0.39, 0.29) is 12.0 Å². The average Bonchev–Trinajstić information content (AvgIpc) is 3.48. The van der Waals surface area contributed by atoms with Gasteiger partial charge in [0, 0.05) is 36.3 Å². The van der Waals surface area contributed by atoms with Crippen molar-refractivity contribution in [1.82, 2.24) is 20.3 Å². The van der Waals surface area contributed by atoms with Crippen molar-refractivity contribution in [3.63, 3.8) is 0 Å². The lowest BCUT2D eigenvalue weighted by Crippen LogP contribution is -2.46. The highest BCUT2D eigenvalue weighted by atomic mass is 32.2. The number of ether oxygens (including phenoxy) is 3. The summed E-state index contributed by atoms with van der Waals surface area (Å²) in [6.07, 6.45) is 0.721. The number of imidazole rings is 1. The maximum Gasteiger partial charge on any atom is 0.251 e. The number of benzene rings is 2. The van der Waals surface area contributed by atoms with Crippen LogP contribution in [0.4, 0.5) is 0 Å². The van der Waals surface area contributed by atoms with Crippen molar-refractivity contribution < 1.29 is 29.2 Å². The lowest BCUT2D eigenvalue weighted by atomic mass is 10.1. The number of aromatic nitrogens is 3. The lowest BCUT2D eigenvalue weighted by Gasteiger charge is -2.19. The number of aliphatic hydroxyl groups excluding tert-OH is 2. The van der Waals surface area contributed by atoms with Gasteiger partial charge in [0.15, 0.2) is 5.65 Å². The minimum atomic E-state index is -0.839. The van der Waals surface area contributed by atoms with Crippen LogP contribution in [0.1, 0.15) is 17.3 Å². The maximum atomic E-state index is 12.6. The number of carbonyl (C=O) groups excluding carboxylic acids is 1. The van der Waals surface area contributed by atoms with Gasteiger partial charge in [-0.05, 0) is 55.5 Å². The van der Waals surface area contributed by atoms with Gasteiger partial charge in [0.25, 0.3) is 5.91 Å². The van der Waals surface area contributed by atoms with Crippen molar-refractivity contribution in [3.8, 4) is 28.6 Å². The molecule has 0 aliphatic carbocycles. The molecule has 198 valence electrons. The van der Waals surface area contributed by atoms with Crippen LogP contribution in [-0.4, -0.2) is 74.2 Å². The van der Waals surface area contributed by atoms with Crippen LogP contribution in [0.5, 0.6) is 17.2 Å². The molecule has 4 aromatic rings. The molecule has 4 N–H and O–H groups in total. The normalized spacial score (nSPS) is 19.8. The van der Waals surface area contributed by atoms with Crippen LogP contribution >= 0.6 is 11.8 Å². The van der Waals surface area contributed by atoms with Crippen molar-refractivity contribution in [2.45, 2.75) is 30.6 Å². The first-order valence-corrected chi connectivity index (χ1v) is 13.1. The Morgan fingerprint density at radius 2 is 1.95 bits per heavy atom. The Hall–Kier alpha value is -3.64. The van der Waals surface area contributed by atoms with Crippen LogP contribution in [0.15, 0.2) is 60.8 Å². The quantitative estimate of drug-likeness (QED) is 0.254. The standard InChI is InChI=1S/C27H28N4O6S/c1-15(13-35-2)36-19-10-17(24-29-21-4-3-9-28-25(21)31-24)11-20(12-19)37-18-7-5-16(6-8-18)26(33)30-23-22(32)14-38-27(23)34/h3-12,15,22-23,27,32,34H,13-14H2,1-2H3,(H,30,33)(H,28,29,31)/t15-,22?,23?,27?/m0/s1. The van der Waals surface area contributed by atoms with Crippen molar-refractivity contribution in [2.75, 3.05) is 19.5 Å². The van der Waals surface area contributed by atoms with Gasteiger partial charge in [-0.2, -0.15) is 0 Å². The van der Waals surface area contributed by atoms with Gasteiger partial charge in [-0.1, -0.05) is 0 Å². The molecule has 5 rings (SSSR count). The van der Waals surface area contributed by atoms with Gasteiger partial charge >= 0.3 is 0 Å². The van der Waals surface area contributed by atoms with E-state index < -0.39 is 17.6 Å². The Morgan fingerprint density at radius 3 is 2.66 bits per heavy atom. The Balaban J connectivity index is 1.37. The number of methoxy groups -OCH3 is 1. The number of thioether (sulfide) groups is 1. The van der Waals surface area contributed by atoms with E-state index >= 15 is 0 Å². The summed E-state index contributed by atoms with van der Waals surface area (Å²) >= 11 is 1.21. The second kappa shape index (κ2) is 11.4. The number of aromatic amines is 1. The third-order valence-electron chi connectivity index (χ3n) is 5.96. The summed E-state index contributed by atoms with van der Waals surface area (Å²) in [7, 11) is 1.62. The van der Waals surface area contributed by atoms with Gasteiger partial charge in [0.2, 0.25) is 0 Å². The summed E-state index contributed by atoms with van der Waals surface area (Å²) < 4.78 is 17.4. The number of amides is 1. The van der Waals surface area contributed by atoms with Crippen LogP contribution in [0, 0.1) is 0 Å². The summed E-state index contributed by atoms with van der Waals surface area (Å²) in [5, 5.41) is 22.6. The van der Waals surface area contributed by atoms with Crippen LogP contribution < -0.4 is 14.8 Å². The van der Waals surface area contributed by atoms with Gasteiger partial charge in [0.1, 0.15) is 40.1 Å². The van der Waals surface area contributed by atoms with E-state index in [0.717, 1.165) is 11.1 Å². The Bertz CT molecular complexity index is 1370. The molecule has 11 heteroatoms. The number of carbonyl (C=O) groups is 1. The van der Waals surface area contributed by atoms with Crippen molar-refractivity contribution >= 4 is 28.8 Å². The van der Waals surface area contributed by atoms with Gasteiger partial charge in [-0.25, -0.2) is 9.97 Å². The van der Waals surface area contributed by atoms with Gasteiger partial charge < -0.3 is 34.7 Å². The highest BCUT2D eigenvalue weighted by Crippen LogP contribution is 2.33. The fraction of sp³-hybridized carbons (Fsp3) is 0.296. The molecule has 1 aliphatic heterocycles. The molecule has 3 heterocycles. The largest absolute Gasteiger partial charge is 0.488 e. The molecule has 38 heavy (non-hydrogen) atoms. The van der Waals surface area contributed by atoms with E-state index in [1.54, 1.807) is 43.6 Å². The fourth-order valence-corrected chi connectivity index (χ4v) is 5.18. The molecular formula is C27H28N4O6S. The highest BCUT2D eigenvalue weighted by molar-refractivity contribution is 8.00. The first kappa shape index (κ1) is 26.0. The lowest BCUT2D eigenvalue weighted by molar-refractivity contribution is 0.0764. The van der Waals surface area contributed by atoms with Gasteiger partial charge in [-0.3, -0.25) is 4.79 Å². The fourth-order valence-electron chi connectivity index (χ4n) is 4.12. The average molecular weight is 537 g/mol. The zero-order valence-corrected chi connectivity index (χ0v) is 21.6. The molecule has 0 spiro atoms. The number of pyridine rings is 1. The molecular weight excluding hydrogens is 508 g/mol. The second-order valence-electron chi connectivity index (χ2n) is 8.95. The molecule has 1 saturated heterocycles. The van der Waals surface area contributed by atoms with E-state index in [0.29, 0.717) is 46.6 Å². The third-order valence-corrected chi connectivity index (χ3v) is 7.13. The molecule has 0 bridgehead atoms. The van der Waals surface area contributed by atoms with E-state index in [4.69, 9.17) is 14.2 Å². The first-order valence-electron chi connectivity index (χ1n) is 12.1. The van der Waals surface area contributed by atoms with Gasteiger partial charge in [-0.15, -0.1) is 11.8 Å². The Morgan fingerprint density at radius 1 is 1.16 bits per heavy atom. The zero-order chi connectivity index (χ0) is 26.6. The number of H-pyrrole nitrogens is 1. The number of hydrogen-bond acceptors (Lipinski definition) is 9. The van der Waals surface area contributed by atoms with E-state index in [1.807, 2.05) is 31.2 Å². The molecule has 1 aliphatic rings. The van der Waals surface area contributed by atoms with Crippen molar-refractivity contribution in [2.24, 2.45) is 0 Å². The number of nitrogens with zero attached hydrogens (tertiary/aromatic N) is 2. The summed E-state index contributed by atoms with van der Waals surface area (Å²) in [4.78, 5) is 24.8. The highest BCUT2D eigenvalue weighted by Gasteiger charge is 2.35. The van der Waals surface area contributed by atoms with Crippen LogP contribution in [-0.2, 0) is 4.74 Å². The number of rotatable bonds is 9. The van der Waals surface area contributed by atoms with E-state index in [9.17, 15) is 15.0 Å². The monoisotopic (exact) mass is 536 g/mol. The molecule has 0 radical (unpaired) electrons. The predicted molar refractivity (Wildman–Crippen MR) is 144 cm³/mol. The Labute approximate surface area is 223 Å². The zero-order valence-electron chi connectivity index (χ0n) is 20.8. The van der Waals surface area contributed by atoms with E-state index in [1.165, 1.54) is 11.8 Å². The molecule has 10 nitrogen and oxygen atoms in total. The maximum absolute atomic E-state index is 12.6. The first-order chi connectivity index (χ1) is 18.4. The molecule has 1 fully saturated rings. The third kappa shape index (κ3) is 5.91. The van der Waals surface area contributed by atoms with Crippen LogP contribution in [0.3, 0.4) is 0 Å². The predicted octanol–water partition coefficient (Wildman–Crippen LogP) is 3.36. The van der Waals surface area contributed by atoms with E-state index in [2.05, 4.69) is 20.3 Å². The molecule has 2 aromatic carbocycles. The number of aliphatic hydroxyl groups is 2. The molecule has 0 saturated carbocycles. The number of hydrogen-bond donors (Lipinski definition) is 4. The van der Waals surface area contributed by atoms with Crippen molar-refractivity contribution in [3.05, 3.63) is 66.4 Å². The van der Waals surface area contributed by atoms with Crippen LogP contribution in [0.25, 0.3) is 22.6 Å². The Kier molecular flexibility index (Phi) is 7.79. The summed E-state index contributed by atoms with van der Waals surface area (Å²) in [6, 6.07) is 15.1. The summed E-state index contributed by atoms with van der Waals surface area (Å²) in [5.41, 5.74) is 1.72. The minimum absolute atomic E-state index is 0.187. The number of nitrogens with one attached hydrogen (secondary N) is 2. The minimum Gasteiger partial charge on any atom is -0.488 e. The SMILES string of the molecule is COC[C@H](C)Oc1cc(Oc2ccc(C(=O)NC3C(O)CSC3O)cc2)cc(-c2nc3cccnc3[nH]2)c1. The number of fused-ring (bicyclic) bond motifs is 1. The summed E-state index contributed by atoms with van der Waals surface area (Å²) in [6.45, 7) is 2.33. The molecule has 3 unspecified atom stereocenters. The van der Waals surface area contributed by atoms with Crippen molar-refractivity contribution in [1.29, 1.82) is 0 Å². The summed E-state index contributed by atoms with van der Waals surface area (Å²) in [5.74, 6) is 2.22.